The molecule has 0 aliphatic carbocycles. The predicted octanol–water partition coefficient (Wildman–Crippen LogP) is 2.28. The zero-order valence-corrected chi connectivity index (χ0v) is 16.5. The number of pyridine rings is 1. The molecule has 0 spiro atoms. The van der Waals surface area contributed by atoms with Crippen molar-refractivity contribution in [2.24, 2.45) is 0 Å². The zero-order valence-electron chi connectivity index (χ0n) is 16.5. The van der Waals surface area contributed by atoms with Crippen LogP contribution in [-0.4, -0.2) is 66.7 Å². The van der Waals surface area contributed by atoms with Crippen LogP contribution in [0.4, 0.5) is 5.69 Å². The molecule has 1 aromatic carbocycles. The molecular weight excluding hydrogens is 366 g/mol. The standard InChI is InChI=1S/C22H27N5O2/c28-22(25-7-8-27-9-11-29-12-10-27)18-13-19(16-23-14-18)24-6-5-17-15-26-21-4-2-1-3-20(17)21/h1-4,13-16,24,26H,5-12H2,(H,25,28). The average Bonchev–Trinajstić information content (AvgIpc) is 3.18. The third-order valence-corrected chi connectivity index (χ3v) is 5.22. The van der Waals surface area contributed by atoms with Crippen molar-refractivity contribution in [2.45, 2.75) is 6.42 Å². The molecule has 0 bridgehead atoms. The molecule has 29 heavy (non-hydrogen) atoms. The third-order valence-electron chi connectivity index (χ3n) is 5.22. The molecule has 3 aromatic rings. The van der Waals surface area contributed by atoms with Crippen LogP contribution in [0.5, 0.6) is 0 Å². The summed E-state index contributed by atoms with van der Waals surface area (Å²) in [6, 6.07) is 10.1. The fourth-order valence-electron chi connectivity index (χ4n) is 3.60. The summed E-state index contributed by atoms with van der Waals surface area (Å²) in [5.74, 6) is -0.0916. The van der Waals surface area contributed by atoms with E-state index in [2.05, 4.69) is 49.9 Å². The first-order valence-electron chi connectivity index (χ1n) is 10.1. The molecule has 4 rings (SSSR count). The van der Waals surface area contributed by atoms with Gasteiger partial charge in [0.25, 0.3) is 5.91 Å². The largest absolute Gasteiger partial charge is 0.383 e. The van der Waals surface area contributed by atoms with E-state index in [4.69, 9.17) is 4.74 Å². The van der Waals surface area contributed by atoms with Gasteiger partial charge in [-0.05, 0) is 24.1 Å². The van der Waals surface area contributed by atoms with Crippen LogP contribution in [0, 0.1) is 0 Å². The van der Waals surface area contributed by atoms with E-state index >= 15 is 0 Å². The minimum absolute atomic E-state index is 0.0916. The van der Waals surface area contributed by atoms with Crippen LogP contribution < -0.4 is 10.6 Å². The molecule has 0 saturated carbocycles. The monoisotopic (exact) mass is 393 g/mol. The Morgan fingerprint density at radius 2 is 2.03 bits per heavy atom. The number of hydrogen-bond donors (Lipinski definition) is 3. The van der Waals surface area contributed by atoms with Gasteiger partial charge in [-0.25, -0.2) is 0 Å². The van der Waals surface area contributed by atoms with Gasteiger partial charge in [-0.3, -0.25) is 14.7 Å². The minimum atomic E-state index is -0.0916. The summed E-state index contributed by atoms with van der Waals surface area (Å²) in [5, 5.41) is 7.60. The molecule has 3 N–H and O–H groups in total. The number of benzene rings is 1. The number of aromatic nitrogens is 2. The third kappa shape index (κ3) is 5.13. The number of morpholine rings is 1. The fraction of sp³-hybridized carbons (Fsp3) is 0.364. The Labute approximate surface area is 170 Å². The quantitative estimate of drug-likeness (QED) is 0.547. The summed E-state index contributed by atoms with van der Waals surface area (Å²) in [5.41, 5.74) is 3.85. The normalized spacial score (nSPS) is 14.8. The SMILES string of the molecule is O=C(NCCN1CCOCC1)c1cncc(NCCc2c[nH]c3ccccc23)c1. The van der Waals surface area contributed by atoms with Gasteiger partial charge in [-0.15, -0.1) is 0 Å². The van der Waals surface area contributed by atoms with Crippen LogP contribution in [0.3, 0.4) is 0 Å². The van der Waals surface area contributed by atoms with Gasteiger partial charge in [0.2, 0.25) is 0 Å². The van der Waals surface area contributed by atoms with Gasteiger partial charge in [-0.2, -0.15) is 0 Å². The molecule has 0 radical (unpaired) electrons. The minimum Gasteiger partial charge on any atom is -0.383 e. The number of fused-ring (bicyclic) bond motifs is 1. The van der Waals surface area contributed by atoms with E-state index in [1.807, 2.05) is 12.1 Å². The fourth-order valence-corrected chi connectivity index (χ4v) is 3.60. The Kier molecular flexibility index (Phi) is 6.38. The topological polar surface area (TPSA) is 82.3 Å². The van der Waals surface area contributed by atoms with E-state index in [0.717, 1.165) is 57.0 Å². The number of amides is 1. The number of carbonyl (C=O) groups is 1. The van der Waals surface area contributed by atoms with Crippen molar-refractivity contribution in [3.63, 3.8) is 0 Å². The Bertz CT molecular complexity index is 949. The summed E-state index contributed by atoms with van der Waals surface area (Å²) in [4.78, 5) is 22.2. The number of nitrogens with one attached hydrogen (secondary N) is 3. The van der Waals surface area contributed by atoms with Crippen molar-refractivity contribution >= 4 is 22.5 Å². The van der Waals surface area contributed by atoms with Gasteiger partial charge in [0.05, 0.1) is 24.5 Å². The van der Waals surface area contributed by atoms with Gasteiger partial charge in [0, 0.05) is 62.2 Å². The molecule has 1 aliphatic rings. The number of carbonyl (C=O) groups excluding carboxylic acids is 1. The molecule has 0 atom stereocenters. The van der Waals surface area contributed by atoms with E-state index in [9.17, 15) is 4.79 Å². The van der Waals surface area contributed by atoms with Crippen molar-refractivity contribution < 1.29 is 9.53 Å². The van der Waals surface area contributed by atoms with Gasteiger partial charge >= 0.3 is 0 Å². The van der Waals surface area contributed by atoms with Crippen LogP contribution in [0.25, 0.3) is 10.9 Å². The number of aromatic amines is 1. The van der Waals surface area contributed by atoms with Gasteiger partial charge in [0.15, 0.2) is 0 Å². The molecular formula is C22H27N5O2. The van der Waals surface area contributed by atoms with Gasteiger partial charge in [-0.1, -0.05) is 18.2 Å². The Hall–Kier alpha value is -2.90. The van der Waals surface area contributed by atoms with E-state index in [-0.39, 0.29) is 5.91 Å². The van der Waals surface area contributed by atoms with Crippen LogP contribution in [-0.2, 0) is 11.2 Å². The lowest BCUT2D eigenvalue weighted by Crippen LogP contribution is -2.41. The number of nitrogens with zero attached hydrogens (tertiary/aromatic N) is 2. The number of H-pyrrole nitrogens is 1. The number of para-hydroxylation sites is 1. The van der Waals surface area contributed by atoms with Gasteiger partial charge in [0.1, 0.15) is 0 Å². The number of anilines is 1. The van der Waals surface area contributed by atoms with Gasteiger partial charge < -0.3 is 20.4 Å². The molecule has 1 amide bonds. The van der Waals surface area contributed by atoms with Crippen LogP contribution in [0.2, 0.25) is 0 Å². The van der Waals surface area contributed by atoms with E-state index in [0.29, 0.717) is 12.1 Å². The second kappa shape index (κ2) is 9.54. The lowest BCUT2D eigenvalue weighted by molar-refractivity contribution is 0.0383. The molecule has 152 valence electrons. The summed E-state index contributed by atoms with van der Waals surface area (Å²) in [6.07, 6.45) is 6.30. The summed E-state index contributed by atoms with van der Waals surface area (Å²) >= 11 is 0. The lowest BCUT2D eigenvalue weighted by Gasteiger charge is -2.26. The highest BCUT2D eigenvalue weighted by Crippen LogP contribution is 2.18. The van der Waals surface area contributed by atoms with Crippen LogP contribution in [0.15, 0.2) is 48.9 Å². The average molecular weight is 393 g/mol. The van der Waals surface area contributed by atoms with Crippen LogP contribution >= 0.6 is 0 Å². The highest BCUT2D eigenvalue weighted by atomic mass is 16.5. The molecule has 7 nitrogen and oxygen atoms in total. The maximum absolute atomic E-state index is 12.4. The summed E-state index contributed by atoms with van der Waals surface area (Å²) in [7, 11) is 0. The zero-order chi connectivity index (χ0) is 19.9. The summed E-state index contributed by atoms with van der Waals surface area (Å²) in [6.45, 7) is 5.61. The van der Waals surface area contributed by atoms with Crippen molar-refractivity contribution in [3.8, 4) is 0 Å². The number of rotatable bonds is 8. The smallest absolute Gasteiger partial charge is 0.252 e. The van der Waals surface area contributed by atoms with Crippen molar-refractivity contribution in [3.05, 3.63) is 60.0 Å². The molecule has 1 saturated heterocycles. The molecule has 7 heteroatoms. The van der Waals surface area contributed by atoms with Crippen LogP contribution in [0.1, 0.15) is 15.9 Å². The first-order valence-corrected chi connectivity index (χ1v) is 10.1. The molecule has 1 fully saturated rings. The van der Waals surface area contributed by atoms with E-state index in [1.54, 1.807) is 12.4 Å². The molecule has 0 unspecified atom stereocenters. The molecule has 2 aromatic heterocycles. The molecule has 1 aliphatic heterocycles. The number of ether oxygens (including phenoxy) is 1. The Morgan fingerprint density at radius 3 is 2.93 bits per heavy atom. The first-order chi connectivity index (χ1) is 14.3. The first kappa shape index (κ1) is 19.4. The maximum atomic E-state index is 12.4. The second-order valence-electron chi connectivity index (χ2n) is 7.21. The van der Waals surface area contributed by atoms with Crippen molar-refractivity contribution in [2.75, 3.05) is 51.3 Å². The van der Waals surface area contributed by atoms with E-state index < -0.39 is 0 Å². The second-order valence-corrected chi connectivity index (χ2v) is 7.21. The summed E-state index contributed by atoms with van der Waals surface area (Å²) < 4.78 is 5.34. The number of hydrogen-bond acceptors (Lipinski definition) is 5. The Balaban J connectivity index is 1.26. The highest BCUT2D eigenvalue weighted by molar-refractivity contribution is 5.94. The maximum Gasteiger partial charge on any atom is 0.252 e. The van der Waals surface area contributed by atoms with E-state index in [1.165, 1.54) is 10.9 Å². The van der Waals surface area contributed by atoms with Crippen molar-refractivity contribution in [1.29, 1.82) is 0 Å². The predicted molar refractivity (Wildman–Crippen MR) is 114 cm³/mol. The molecule has 3 heterocycles. The highest BCUT2D eigenvalue weighted by Gasteiger charge is 2.11. The lowest BCUT2D eigenvalue weighted by atomic mass is 10.1. The Morgan fingerprint density at radius 1 is 1.17 bits per heavy atom. The van der Waals surface area contributed by atoms with Crippen molar-refractivity contribution in [1.82, 2.24) is 20.2 Å².